The molecular formula is C20H25Cl2NO4. The van der Waals surface area contributed by atoms with E-state index in [0.717, 1.165) is 19.3 Å². The van der Waals surface area contributed by atoms with E-state index >= 15 is 0 Å². The molecule has 1 aromatic carbocycles. The summed E-state index contributed by atoms with van der Waals surface area (Å²) in [5.74, 6) is 2.26. The number of hydrogen-bond donors (Lipinski definition) is 1. The lowest BCUT2D eigenvalue weighted by Crippen LogP contribution is -2.42. The molecule has 1 N–H and O–H groups in total. The van der Waals surface area contributed by atoms with Crippen LogP contribution in [0, 0.1) is 12.3 Å². The zero-order chi connectivity index (χ0) is 20.4. The molecule has 5 nitrogen and oxygen atoms in total. The van der Waals surface area contributed by atoms with Gasteiger partial charge in [0.05, 0.1) is 28.8 Å². The molecule has 0 unspecified atom stereocenters. The van der Waals surface area contributed by atoms with E-state index in [1.807, 2.05) is 0 Å². The van der Waals surface area contributed by atoms with E-state index < -0.39 is 5.54 Å². The third-order valence-corrected chi connectivity index (χ3v) is 4.19. The quantitative estimate of drug-likeness (QED) is 0.344. The number of ether oxygens (including phenoxy) is 2. The second-order valence-electron chi connectivity index (χ2n) is 6.46. The lowest BCUT2D eigenvalue weighted by molar-refractivity contribution is -0.143. The van der Waals surface area contributed by atoms with Gasteiger partial charge in [-0.25, -0.2) is 0 Å². The van der Waals surface area contributed by atoms with Crippen molar-refractivity contribution in [1.82, 2.24) is 5.32 Å². The topological polar surface area (TPSA) is 64.6 Å². The number of nitrogens with one attached hydrogen (secondary N) is 1. The summed E-state index contributed by atoms with van der Waals surface area (Å²) in [7, 11) is 0. The second-order valence-corrected chi connectivity index (χ2v) is 7.27. The Morgan fingerprint density at radius 1 is 1.19 bits per heavy atom. The maximum atomic E-state index is 12.3. The summed E-state index contributed by atoms with van der Waals surface area (Å²) in [6.45, 7) is 6.01. The zero-order valence-electron chi connectivity index (χ0n) is 15.9. The van der Waals surface area contributed by atoms with Gasteiger partial charge in [-0.2, -0.15) is 0 Å². The average Bonchev–Trinajstić information content (AvgIpc) is 2.59. The Morgan fingerprint density at radius 3 is 2.37 bits per heavy atom. The number of terminal acetylenes is 1. The minimum Gasteiger partial charge on any atom is -0.490 e. The Bertz CT molecular complexity index is 687. The van der Waals surface area contributed by atoms with Crippen molar-refractivity contribution < 1.29 is 19.1 Å². The molecule has 0 spiro atoms. The molecule has 0 saturated carbocycles. The first-order chi connectivity index (χ1) is 12.7. The number of amides is 1. The van der Waals surface area contributed by atoms with E-state index in [4.69, 9.17) is 39.1 Å². The highest BCUT2D eigenvalue weighted by Crippen LogP contribution is 2.34. The van der Waals surface area contributed by atoms with Gasteiger partial charge in [0.2, 0.25) is 0 Å². The lowest BCUT2D eigenvalue weighted by Gasteiger charge is -2.20. The highest BCUT2D eigenvalue weighted by Gasteiger charge is 2.20. The fourth-order valence-electron chi connectivity index (χ4n) is 2.18. The fraction of sp³-hybridized carbons (Fsp3) is 0.500. The summed E-state index contributed by atoms with van der Waals surface area (Å²) in [6, 6.07) is 2.98. The van der Waals surface area contributed by atoms with E-state index in [2.05, 4.69) is 11.2 Å². The van der Waals surface area contributed by atoms with Gasteiger partial charge in [0.25, 0.3) is 5.91 Å². The molecule has 7 heteroatoms. The predicted molar refractivity (Wildman–Crippen MR) is 107 cm³/mol. The van der Waals surface area contributed by atoms with E-state index in [9.17, 15) is 9.59 Å². The Labute approximate surface area is 170 Å². The summed E-state index contributed by atoms with van der Waals surface area (Å²) < 4.78 is 10.5. The van der Waals surface area contributed by atoms with Crippen LogP contribution >= 0.6 is 23.2 Å². The molecule has 0 aliphatic carbocycles. The van der Waals surface area contributed by atoms with Gasteiger partial charge in [-0.05, 0) is 52.2 Å². The normalized spacial score (nSPS) is 10.8. The molecule has 0 atom stereocenters. The second kappa shape index (κ2) is 11.1. The fourth-order valence-corrected chi connectivity index (χ4v) is 2.77. The Morgan fingerprint density at radius 2 is 1.81 bits per heavy atom. The van der Waals surface area contributed by atoms with E-state index in [1.165, 1.54) is 12.1 Å². The zero-order valence-corrected chi connectivity index (χ0v) is 17.4. The van der Waals surface area contributed by atoms with Gasteiger partial charge in [-0.15, -0.1) is 6.42 Å². The van der Waals surface area contributed by atoms with Crippen molar-refractivity contribution in [3.8, 4) is 18.1 Å². The van der Waals surface area contributed by atoms with Crippen LogP contribution in [0.1, 0.15) is 56.8 Å². The van der Waals surface area contributed by atoms with Gasteiger partial charge < -0.3 is 14.8 Å². The molecule has 1 rings (SSSR count). The number of benzene rings is 1. The number of carbonyl (C=O) groups excluding carboxylic acids is 2. The summed E-state index contributed by atoms with van der Waals surface area (Å²) in [4.78, 5) is 23.5. The van der Waals surface area contributed by atoms with E-state index in [1.54, 1.807) is 20.8 Å². The maximum Gasteiger partial charge on any atom is 0.305 e. The number of halogens is 2. The van der Waals surface area contributed by atoms with Crippen LogP contribution in [0.3, 0.4) is 0 Å². The molecule has 0 bridgehead atoms. The third kappa shape index (κ3) is 8.11. The van der Waals surface area contributed by atoms with Crippen molar-refractivity contribution in [1.29, 1.82) is 0 Å². The van der Waals surface area contributed by atoms with Crippen LogP contribution in [0.2, 0.25) is 10.0 Å². The molecule has 1 amide bonds. The first-order valence-corrected chi connectivity index (χ1v) is 9.53. The molecule has 0 fully saturated rings. The Hall–Kier alpha value is -1.90. The van der Waals surface area contributed by atoms with Crippen molar-refractivity contribution in [2.75, 3.05) is 13.2 Å². The van der Waals surface area contributed by atoms with Gasteiger partial charge in [0.1, 0.15) is 0 Å². The van der Waals surface area contributed by atoms with Crippen LogP contribution < -0.4 is 10.1 Å². The SMILES string of the molecule is C#CC(C)(C)NC(=O)c1cc(Cl)c(OCCCCCC(=O)OCC)c(Cl)c1. The monoisotopic (exact) mass is 413 g/mol. The Kier molecular flexibility index (Phi) is 9.48. The molecule has 0 heterocycles. The minimum absolute atomic E-state index is 0.189. The molecule has 0 aliphatic rings. The summed E-state index contributed by atoms with van der Waals surface area (Å²) in [6.07, 6.45) is 8.06. The van der Waals surface area contributed by atoms with Crippen LogP contribution in [0.15, 0.2) is 12.1 Å². The smallest absolute Gasteiger partial charge is 0.305 e. The van der Waals surface area contributed by atoms with Crippen LogP contribution in [-0.2, 0) is 9.53 Å². The largest absolute Gasteiger partial charge is 0.490 e. The average molecular weight is 414 g/mol. The molecule has 1 aromatic rings. The van der Waals surface area contributed by atoms with Crippen molar-refractivity contribution >= 4 is 35.1 Å². The molecule has 0 saturated heterocycles. The Balaban J connectivity index is 2.55. The molecule has 0 aromatic heterocycles. The van der Waals surface area contributed by atoms with Crippen molar-refractivity contribution in [2.45, 2.75) is 52.0 Å². The molecule has 0 radical (unpaired) electrons. The standard InChI is InChI=1S/C20H25Cl2NO4/c1-5-20(3,4)23-19(25)14-12-15(21)18(16(22)13-14)27-11-9-7-8-10-17(24)26-6-2/h1,12-13H,6-11H2,2-4H3,(H,23,25). The van der Waals surface area contributed by atoms with Gasteiger partial charge >= 0.3 is 5.97 Å². The van der Waals surface area contributed by atoms with Gasteiger partial charge in [-0.1, -0.05) is 29.1 Å². The van der Waals surface area contributed by atoms with Crippen LogP contribution in [-0.4, -0.2) is 30.6 Å². The number of rotatable bonds is 10. The van der Waals surface area contributed by atoms with Crippen molar-refractivity contribution in [3.05, 3.63) is 27.7 Å². The summed E-state index contributed by atoms with van der Waals surface area (Å²) >= 11 is 12.4. The number of carbonyl (C=O) groups is 2. The van der Waals surface area contributed by atoms with Crippen molar-refractivity contribution in [2.24, 2.45) is 0 Å². The molecule has 0 aliphatic heterocycles. The first-order valence-electron chi connectivity index (χ1n) is 8.78. The molecular weight excluding hydrogens is 389 g/mol. The highest BCUT2D eigenvalue weighted by atomic mass is 35.5. The highest BCUT2D eigenvalue weighted by molar-refractivity contribution is 6.37. The third-order valence-electron chi connectivity index (χ3n) is 3.62. The van der Waals surface area contributed by atoms with Crippen LogP contribution in [0.5, 0.6) is 5.75 Å². The van der Waals surface area contributed by atoms with Gasteiger partial charge in [-0.3, -0.25) is 9.59 Å². The lowest BCUT2D eigenvalue weighted by atomic mass is 10.1. The number of hydrogen-bond acceptors (Lipinski definition) is 4. The number of unbranched alkanes of at least 4 members (excludes halogenated alkanes) is 2. The van der Waals surface area contributed by atoms with Gasteiger partial charge in [0.15, 0.2) is 5.75 Å². The minimum atomic E-state index is -0.783. The first kappa shape index (κ1) is 23.1. The molecule has 148 valence electrons. The summed E-state index contributed by atoms with van der Waals surface area (Å²) in [5.41, 5.74) is -0.482. The van der Waals surface area contributed by atoms with Crippen LogP contribution in [0.4, 0.5) is 0 Å². The van der Waals surface area contributed by atoms with Crippen LogP contribution in [0.25, 0.3) is 0 Å². The number of esters is 1. The van der Waals surface area contributed by atoms with Crippen molar-refractivity contribution in [3.63, 3.8) is 0 Å². The predicted octanol–water partition coefficient (Wildman–Crippen LogP) is 4.64. The van der Waals surface area contributed by atoms with E-state index in [0.29, 0.717) is 30.9 Å². The van der Waals surface area contributed by atoms with Gasteiger partial charge in [0, 0.05) is 12.0 Å². The van der Waals surface area contributed by atoms with E-state index in [-0.39, 0.29) is 21.9 Å². The summed E-state index contributed by atoms with van der Waals surface area (Å²) in [5, 5.41) is 3.21. The molecule has 27 heavy (non-hydrogen) atoms. The maximum absolute atomic E-state index is 12.3.